The number of ether oxygens (including phenoxy) is 1. The van der Waals surface area contributed by atoms with E-state index in [1.54, 1.807) is 0 Å². The molecule has 0 fully saturated rings. The lowest BCUT2D eigenvalue weighted by Gasteiger charge is -2.30. The van der Waals surface area contributed by atoms with Crippen molar-refractivity contribution in [3.8, 4) is 5.75 Å². The van der Waals surface area contributed by atoms with E-state index < -0.39 is 0 Å². The van der Waals surface area contributed by atoms with Crippen molar-refractivity contribution in [1.82, 2.24) is 0 Å². The molecular formula is C17H23BrClNO2. The van der Waals surface area contributed by atoms with Gasteiger partial charge >= 0.3 is 0 Å². The summed E-state index contributed by atoms with van der Waals surface area (Å²) in [6, 6.07) is 6.11. The monoisotopic (exact) mass is 387 g/mol. The zero-order valence-electron chi connectivity index (χ0n) is 12.8. The molecule has 1 aromatic carbocycles. The molecule has 5 heteroatoms. The number of anilines is 1. The first-order valence-corrected chi connectivity index (χ1v) is 9.60. The van der Waals surface area contributed by atoms with Crippen LogP contribution in [-0.4, -0.2) is 30.3 Å². The van der Waals surface area contributed by atoms with Crippen molar-refractivity contribution in [2.45, 2.75) is 38.5 Å². The molecule has 22 heavy (non-hydrogen) atoms. The van der Waals surface area contributed by atoms with Gasteiger partial charge in [-0.05, 0) is 43.7 Å². The van der Waals surface area contributed by atoms with E-state index in [2.05, 4.69) is 22.0 Å². The van der Waals surface area contributed by atoms with Gasteiger partial charge in [-0.3, -0.25) is 4.79 Å². The molecule has 0 saturated carbocycles. The number of amides is 1. The lowest BCUT2D eigenvalue weighted by Crippen LogP contribution is -2.35. The Labute approximate surface area is 146 Å². The molecule has 122 valence electrons. The summed E-state index contributed by atoms with van der Waals surface area (Å²) in [5.74, 6) is 1.73. The fourth-order valence-electron chi connectivity index (χ4n) is 2.60. The number of nitrogens with zero attached hydrogens (tertiary/aromatic N) is 1. The summed E-state index contributed by atoms with van der Waals surface area (Å²) in [7, 11) is 0. The summed E-state index contributed by atoms with van der Waals surface area (Å²) in [5, 5.41) is 0.978. The van der Waals surface area contributed by atoms with Crippen LogP contribution < -0.4 is 9.64 Å². The van der Waals surface area contributed by atoms with E-state index in [0.717, 1.165) is 55.4 Å². The van der Waals surface area contributed by atoms with Crippen LogP contribution in [0.3, 0.4) is 0 Å². The minimum absolute atomic E-state index is 0.223. The Balaban J connectivity index is 2.04. The van der Waals surface area contributed by atoms with E-state index in [-0.39, 0.29) is 5.91 Å². The van der Waals surface area contributed by atoms with Crippen LogP contribution in [0.5, 0.6) is 5.75 Å². The van der Waals surface area contributed by atoms with Crippen molar-refractivity contribution >= 4 is 39.1 Å². The first-order chi connectivity index (χ1) is 10.8. The molecule has 0 radical (unpaired) electrons. The Bertz CT molecular complexity index is 496. The van der Waals surface area contributed by atoms with Crippen molar-refractivity contribution in [2.24, 2.45) is 0 Å². The molecule has 1 heterocycles. The summed E-state index contributed by atoms with van der Waals surface area (Å²) < 4.78 is 5.78. The molecule has 0 N–H and O–H groups in total. The molecule has 0 spiro atoms. The van der Waals surface area contributed by atoms with Gasteiger partial charge in [0.2, 0.25) is 5.91 Å². The Kier molecular flexibility index (Phi) is 7.53. The molecule has 1 aliphatic rings. The largest absolute Gasteiger partial charge is 0.494 e. The molecule has 2 rings (SSSR count). The second kappa shape index (κ2) is 9.41. The van der Waals surface area contributed by atoms with Crippen LogP contribution in [0.4, 0.5) is 5.69 Å². The number of halogens is 2. The van der Waals surface area contributed by atoms with E-state index >= 15 is 0 Å². The highest BCUT2D eigenvalue weighted by Gasteiger charge is 2.24. The van der Waals surface area contributed by atoms with Crippen LogP contribution in [0.1, 0.15) is 37.7 Å². The molecule has 1 amide bonds. The third-order valence-corrected chi connectivity index (χ3v) is 4.65. The predicted molar refractivity (Wildman–Crippen MR) is 95.6 cm³/mol. The average Bonchev–Trinajstić information content (AvgIpc) is 2.54. The number of rotatable bonds is 9. The molecule has 0 aliphatic carbocycles. The predicted octanol–water partition coefficient (Wildman–Crippen LogP) is 4.54. The number of hydrogen-bond acceptors (Lipinski definition) is 2. The third-order valence-electron chi connectivity index (χ3n) is 3.82. The Morgan fingerprint density at radius 3 is 2.82 bits per heavy atom. The fourth-order valence-corrected chi connectivity index (χ4v) is 3.19. The summed E-state index contributed by atoms with van der Waals surface area (Å²) in [4.78, 5) is 14.1. The normalized spacial score (nSPS) is 14.1. The molecule has 0 saturated heterocycles. The van der Waals surface area contributed by atoms with Gasteiger partial charge in [0.05, 0.1) is 12.3 Å². The number of benzene rings is 1. The lowest BCUT2D eigenvalue weighted by atomic mass is 10.0. The highest BCUT2D eigenvalue weighted by Crippen LogP contribution is 2.32. The van der Waals surface area contributed by atoms with Gasteiger partial charge < -0.3 is 9.64 Å². The summed E-state index contributed by atoms with van der Waals surface area (Å²) in [5.41, 5.74) is 2.27. The summed E-state index contributed by atoms with van der Waals surface area (Å²) in [6.45, 7) is 1.45. The van der Waals surface area contributed by atoms with Gasteiger partial charge in [-0.15, -0.1) is 11.6 Å². The average molecular weight is 389 g/mol. The minimum Gasteiger partial charge on any atom is -0.494 e. The van der Waals surface area contributed by atoms with Crippen molar-refractivity contribution in [1.29, 1.82) is 0 Å². The van der Waals surface area contributed by atoms with Gasteiger partial charge in [0.25, 0.3) is 0 Å². The maximum Gasteiger partial charge on any atom is 0.227 e. The number of hydrogen-bond donors (Lipinski definition) is 0. The molecule has 1 aliphatic heterocycles. The Morgan fingerprint density at radius 2 is 2.05 bits per heavy atom. The number of carbonyl (C=O) groups excluding carboxylic acids is 1. The van der Waals surface area contributed by atoms with Crippen LogP contribution in [0.25, 0.3) is 0 Å². The van der Waals surface area contributed by atoms with Crippen molar-refractivity contribution in [2.75, 3.05) is 29.3 Å². The maximum absolute atomic E-state index is 12.2. The highest BCUT2D eigenvalue weighted by atomic mass is 79.9. The minimum atomic E-state index is 0.223. The van der Waals surface area contributed by atoms with Gasteiger partial charge in [0.15, 0.2) is 0 Å². The van der Waals surface area contributed by atoms with Gasteiger partial charge in [-0.2, -0.15) is 0 Å². The van der Waals surface area contributed by atoms with Crippen LogP contribution in [0.2, 0.25) is 0 Å². The second-order valence-corrected chi connectivity index (χ2v) is 6.65. The topological polar surface area (TPSA) is 29.5 Å². The van der Waals surface area contributed by atoms with Gasteiger partial charge in [0, 0.05) is 30.2 Å². The van der Waals surface area contributed by atoms with Gasteiger partial charge in [0.1, 0.15) is 5.75 Å². The highest BCUT2D eigenvalue weighted by molar-refractivity contribution is 9.09. The standard InChI is InChI=1S/C17H23BrClNO2/c18-9-1-3-11-20-16-13-15(22-12-4-2-10-19)7-5-14(16)6-8-17(20)21/h5,7,13H,1-4,6,8-12H2. The lowest BCUT2D eigenvalue weighted by molar-refractivity contribution is -0.118. The smallest absolute Gasteiger partial charge is 0.227 e. The number of aryl methyl sites for hydroxylation is 1. The maximum atomic E-state index is 12.2. The Hall–Kier alpha value is -0.740. The van der Waals surface area contributed by atoms with E-state index in [0.29, 0.717) is 18.9 Å². The van der Waals surface area contributed by atoms with Crippen molar-refractivity contribution < 1.29 is 9.53 Å². The first kappa shape index (κ1) is 17.6. The summed E-state index contributed by atoms with van der Waals surface area (Å²) >= 11 is 9.11. The number of carbonyl (C=O) groups is 1. The number of unbranched alkanes of at least 4 members (excludes halogenated alkanes) is 2. The molecule has 0 aromatic heterocycles. The molecular weight excluding hydrogens is 366 g/mol. The van der Waals surface area contributed by atoms with Crippen LogP contribution >= 0.6 is 27.5 Å². The molecule has 3 nitrogen and oxygen atoms in total. The molecule has 1 aromatic rings. The summed E-state index contributed by atoms with van der Waals surface area (Å²) in [6.07, 6.45) is 5.44. The van der Waals surface area contributed by atoms with Crippen molar-refractivity contribution in [3.05, 3.63) is 23.8 Å². The third kappa shape index (κ3) is 4.88. The zero-order valence-corrected chi connectivity index (χ0v) is 15.2. The molecule has 0 bridgehead atoms. The van der Waals surface area contributed by atoms with Crippen molar-refractivity contribution in [3.63, 3.8) is 0 Å². The fraction of sp³-hybridized carbons (Fsp3) is 0.588. The SMILES string of the molecule is O=C1CCc2ccc(OCCCCCl)cc2N1CCCCBr. The zero-order chi connectivity index (χ0) is 15.8. The van der Waals surface area contributed by atoms with Crippen LogP contribution in [0, 0.1) is 0 Å². The number of alkyl halides is 2. The second-order valence-electron chi connectivity index (χ2n) is 5.48. The van der Waals surface area contributed by atoms with E-state index in [9.17, 15) is 4.79 Å². The molecule has 0 atom stereocenters. The van der Waals surface area contributed by atoms with Gasteiger partial charge in [-0.25, -0.2) is 0 Å². The van der Waals surface area contributed by atoms with Crippen LogP contribution in [0.15, 0.2) is 18.2 Å². The van der Waals surface area contributed by atoms with E-state index in [1.165, 1.54) is 5.56 Å². The number of fused-ring (bicyclic) bond motifs is 1. The first-order valence-electron chi connectivity index (χ1n) is 7.94. The van der Waals surface area contributed by atoms with E-state index in [4.69, 9.17) is 16.3 Å². The van der Waals surface area contributed by atoms with Crippen LogP contribution in [-0.2, 0) is 11.2 Å². The Morgan fingerprint density at radius 1 is 1.18 bits per heavy atom. The van der Waals surface area contributed by atoms with E-state index in [1.807, 2.05) is 17.0 Å². The molecule has 0 unspecified atom stereocenters. The van der Waals surface area contributed by atoms with Gasteiger partial charge in [-0.1, -0.05) is 22.0 Å². The quantitative estimate of drug-likeness (QED) is 0.459.